The van der Waals surface area contributed by atoms with Crippen molar-refractivity contribution in [1.29, 1.82) is 0 Å². The zero-order valence-electron chi connectivity index (χ0n) is 15.8. The van der Waals surface area contributed by atoms with Crippen LogP contribution in [0.2, 0.25) is 5.02 Å². The summed E-state index contributed by atoms with van der Waals surface area (Å²) in [5.74, 6) is -0.131. The molecule has 0 bridgehead atoms. The number of nitrogens with one attached hydrogen (secondary N) is 1. The van der Waals surface area contributed by atoms with Gasteiger partial charge in [0.2, 0.25) is 15.9 Å². The number of piperidine rings is 1. The summed E-state index contributed by atoms with van der Waals surface area (Å²) in [5, 5.41) is 3.42. The number of amides is 2. The Morgan fingerprint density at radius 2 is 1.89 bits per heavy atom. The van der Waals surface area contributed by atoms with Crippen LogP contribution in [-0.4, -0.2) is 68.4 Å². The maximum absolute atomic E-state index is 12.8. The summed E-state index contributed by atoms with van der Waals surface area (Å²) in [7, 11) is -3.38. The van der Waals surface area contributed by atoms with Crippen LogP contribution < -0.4 is 5.32 Å². The van der Waals surface area contributed by atoms with Crippen molar-refractivity contribution in [2.75, 3.05) is 39.0 Å². The fourth-order valence-electron chi connectivity index (χ4n) is 5.16. The average Bonchev–Trinajstić information content (AvgIpc) is 3.17. The van der Waals surface area contributed by atoms with Gasteiger partial charge in [-0.25, -0.2) is 12.7 Å². The van der Waals surface area contributed by atoms with Gasteiger partial charge in [-0.3, -0.25) is 9.59 Å². The number of likely N-dealkylation sites (tertiary alicyclic amines) is 1. The van der Waals surface area contributed by atoms with Gasteiger partial charge in [0.05, 0.1) is 11.7 Å². The lowest BCUT2D eigenvalue weighted by Crippen LogP contribution is -2.53. The van der Waals surface area contributed by atoms with Crippen LogP contribution in [0.1, 0.15) is 29.6 Å². The highest BCUT2D eigenvalue weighted by atomic mass is 35.5. The van der Waals surface area contributed by atoms with Crippen LogP contribution in [0.25, 0.3) is 0 Å². The van der Waals surface area contributed by atoms with Crippen LogP contribution in [0.5, 0.6) is 0 Å². The lowest BCUT2D eigenvalue weighted by molar-refractivity contribution is -0.133. The first-order valence-electron chi connectivity index (χ1n) is 9.45. The highest BCUT2D eigenvalue weighted by molar-refractivity contribution is 7.88. The lowest BCUT2D eigenvalue weighted by atomic mass is 9.60. The van der Waals surface area contributed by atoms with Gasteiger partial charge in [0.25, 0.3) is 5.91 Å². The van der Waals surface area contributed by atoms with Crippen molar-refractivity contribution in [2.45, 2.75) is 19.3 Å². The maximum atomic E-state index is 12.8. The van der Waals surface area contributed by atoms with E-state index in [1.54, 1.807) is 29.2 Å². The second kappa shape index (κ2) is 6.71. The van der Waals surface area contributed by atoms with Crippen LogP contribution in [0.3, 0.4) is 0 Å². The molecule has 9 heteroatoms. The molecule has 2 amide bonds. The molecule has 3 aliphatic rings. The molecule has 0 saturated carbocycles. The quantitative estimate of drug-likeness (QED) is 0.774. The minimum absolute atomic E-state index is 0.0479. The summed E-state index contributed by atoms with van der Waals surface area (Å²) in [5.41, 5.74) is -0.579. The smallest absolute Gasteiger partial charge is 0.253 e. The molecule has 4 rings (SSSR count). The minimum Gasteiger partial charge on any atom is -0.356 e. The summed E-state index contributed by atoms with van der Waals surface area (Å²) < 4.78 is 25.9. The van der Waals surface area contributed by atoms with Gasteiger partial charge >= 0.3 is 0 Å². The molecule has 2 spiro atoms. The minimum atomic E-state index is -3.38. The summed E-state index contributed by atoms with van der Waals surface area (Å²) in [6, 6.07) is 6.87. The van der Waals surface area contributed by atoms with Crippen molar-refractivity contribution in [3.8, 4) is 0 Å². The molecule has 3 aliphatic heterocycles. The van der Waals surface area contributed by atoms with Gasteiger partial charge in [0.15, 0.2) is 0 Å². The molecule has 3 saturated heterocycles. The molecule has 1 atom stereocenters. The fourth-order valence-corrected chi connectivity index (χ4v) is 6.28. The lowest BCUT2D eigenvalue weighted by Gasteiger charge is -2.46. The summed E-state index contributed by atoms with van der Waals surface area (Å²) in [4.78, 5) is 27.4. The largest absolute Gasteiger partial charge is 0.356 e. The van der Waals surface area contributed by atoms with Crippen molar-refractivity contribution in [3.63, 3.8) is 0 Å². The van der Waals surface area contributed by atoms with E-state index in [1.165, 1.54) is 10.6 Å². The van der Waals surface area contributed by atoms with E-state index < -0.39 is 20.9 Å². The summed E-state index contributed by atoms with van der Waals surface area (Å²) in [6.07, 6.45) is 3.06. The first-order valence-corrected chi connectivity index (χ1v) is 11.7. The first kappa shape index (κ1) is 19.7. The van der Waals surface area contributed by atoms with Gasteiger partial charge in [-0.1, -0.05) is 17.7 Å². The molecule has 3 fully saturated rings. The molecule has 1 aromatic carbocycles. The Balaban J connectivity index is 1.58. The van der Waals surface area contributed by atoms with E-state index in [9.17, 15) is 18.0 Å². The fraction of sp³-hybridized carbons (Fsp3) is 0.579. The van der Waals surface area contributed by atoms with Crippen LogP contribution in [0, 0.1) is 10.8 Å². The molecule has 28 heavy (non-hydrogen) atoms. The molecule has 3 heterocycles. The van der Waals surface area contributed by atoms with E-state index in [4.69, 9.17) is 11.6 Å². The van der Waals surface area contributed by atoms with Gasteiger partial charge in [0.1, 0.15) is 0 Å². The number of nitrogens with zero attached hydrogens (tertiary/aromatic N) is 2. The van der Waals surface area contributed by atoms with Crippen molar-refractivity contribution in [1.82, 2.24) is 14.5 Å². The number of sulfonamides is 1. The second-order valence-corrected chi connectivity index (χ2v) is 10.6. The summed E-state index contributed by atoms with van der Waals surface area (Å²) >= 11 is 6.01. The Bertz CT molecular complexity index is 927. The zero-order valence-corrected chi connectivity index (χ0v) is 17.4. The standard InChI is InChI=1S/C19H24ClN3O4S/c1-28(26,27)23-12-18(19(13-23)5-8-21-17(19)25)6-9-22(10-7-18)16(24)14-3-2-4-15(20)11-14/h2-4,11H,5-10,12-13H2,1H3,(H,21,25). The number of halogens is 1. The number of carbonyl (C=O) groups excluding carboxylic acids is 2. The highest BCUT2D eigenvalue weighted by Crippen LogP contribution is 2.56. The Labute approximate surface area is 170 Å². The molecule has 1 N–H and O–H groups in total. The molecular weight excluding hydrogens is 402 g/mol. The number of benzene rings is 1. The van der Waals surface area contributed by atoms with Crippen molar-refractivity contribution < 1.29 is 18.0 Å². The number of rotatable bonds is 2. The first-order chi connectivity index (χ1) is 13.2. The van der Waals surface area contributed by atoms with Gasteiger partial charge in [-0.05, 0) is 37.5 Å². The monoisotopic (exact) mass is 425 g/mol. The van der Waals surface area contributed by atoms with Gasteiger partial charge < -0.3 is 10.2 Å². The number of hydrogen-bond acceptors (Lipinski definition) is 4. The maximum Gasteiger partial charge on any atom is 0.253 e. The van der Waals surface area contributed by atoms with Crippen molar-refractivity contribution in [2.24, 2.45) is 10.8 Å². The molecule has 7 nitrogen and oxygen atoms in total. The van der Waals surface area contributed by atoms with E-state index in [1.807, 2.05) is 0 Å². The van der Waals surface area contributed by atoms with E-state index >= 15 is 0 Å². The third-order valence-corrected chi connectivity index (χ3v) is 8.19. The summed E-state index contributed by atoms with van der Waals surface area (Å²) in [6.45, 7) is 2.15. The predicted octanol–water partition coefficient (Wildman–Crippen LogP) is 1.34. The zero-order chi connectivity index (χ0) is 20.2. The molecule has 1 aromatic rings. The van der Waals surface area contributed by atoms with E-state index in [0.717, 1.165) is 0 Å². The Kier molecular flexibility index (Phi) is 4.71. The Hall–Kier alpha value is -1.64. The van der Waals surface area contributed by atoms with Crippen molar-refractivity contribution >= 4 is 33.4 Å². The van der Waals surface area contributed by atoms with E-state index in [-0.39, 0.29) is 18.4 Å². The van der Waals surface area contributed by atoms with Crippen molar-refractivity contribution in [3.05, 3.63) is 34.9 Å². The van der Waals surface area contributed by atoms with Gasteiger partial charge in [0, 0.05) is 48.7 Å². The van der Waals surface area contributed by atoms with Gasteiger partial charge in [-0.15, -0.1) is 0 Å². The number of carbonyl (C=O) groups is 2. The number of hydrogen-bond donors (Lipinski definition) is 1. The average molecular weight is 426 g/mol. The van der Waals surface area contributed by atoms with Gasteiger partial charge in [-0.2, -0.15) is 0 Å². The third kappa shape index (κ3) is 3.02. The van der Waals surface area contributed by atoms with Crippen LogP contribution in [0.15, 0.2) is 24.3 Å². The third-order valence-electron chi connectivity index (χ3n) is 6.76. The van der Waals surface area contributed by atoms with E-state index in [0.29, 0.717) is 56.0 Å². The van der Waals surface area contributed by atoms with Crippen LogP contribution in [0.4, 0.5) is 0 Å². The topological polar surface area (TPSA) is 86.8 Å². The Morgan fingerprint density at radius 1 is 1.18 bits per heavy atom. The SMILES string of the molecule is CS(=O)(=O)N1CC2(CCN(C(=O)c3cccc(Cl)c3)CC2)C2(CCNC2=O)C1. The Morgan fingerprint density at radius 3 is 2.46 bits per heavy atom. The van der Waals surface area contributed by atoms with Crippen LogP contribution in [-0.2, 0) is 14.8 Å². The second-order valence-electron chi connectivity index (χ2n) is 8.20. The molecule has 0 radical (unpaired) electrons. The molecule has 1 unspecified atom stereocenters. The van der Waals surface area contributed by atoms with Crippen LogP contribution >= 0.6 is 11.6 Å². The molecule has 0 aliphatic carbocycles. The number of fused-ring (bicyclic) bond motifs is 1. The molecule has 0 aromatic heterocycles. The predicted molar refractivity (Wildman–Crippen MR) is 105 cm³/mol. The molecule has 152 valence electrons. The normalized spacial score (nSPS) is 27.5. The molecular formula is C19H24ClN3O4S. The highest BCUT2D eigenvalue weighted by Gasteiger charge is 2.65. The van der Waals surface area contributed by atoms with E-state index in [2.05, 4.69) is 5.32 Å².